The third-order valence-electron chi connectivity index (χ3n) is 12.5. The number of aromatic nitrogens is 1. The molecule has 0 spiro atoms. The molecule has 0 N–H and O–H groups in total. The van der Waals surface area contributed by atoms with Crippen LogP contribution in [0, 0.1) is 11.8 Å². The van der Waals surface area contributed by atoms with E-state index in [1.54, 1.807) is 12.4 Å². The molecule has 1 heterocycles. The van der Waals surface area contributed by atoms with Crippen molar-refractivity contribution in [1.29, 1.82) is 0 Å². The third-order valence-corrected chi connectivity index (χ3v) is 12.5. The van der Waals surface area contributed by atoms with Crippen molar-refractivity contribution in [2.45, 2.75) is 234 Å². The molecule has 0 amide bonds. The van der Waals surface area contributed by atoms with Crippen molar-refractivity contribution in [2.24, 2.45) is 11.8 Å². The summed E-state index contributed by atoms with van der Waals surface area (Å²) in [5.41, 5.74) is 0. The largest absolute Gasteiger partial charge is 0.378 e. The highest BCUT2D eigenvalue weighted by Crippen LogP contribution is 2.14. The highest BCUT2D eigenvalue weighted by Gasteiger charge is 2.11. The topological polar surface area (TPSA) is 37.8 Å². The summed E-state index contributed by atoms with van der Waals surface area (Å²) in [5, 5.41) is 0. The Morgan fingerprint density at radius 2 is 0.710 bits per heavy atom. The molecule has 1 aromatic heterocycles. The molecule has 0 fully saturated rings. The molecule has 5 heteroatoms. The minimum absolute atomic E-state index is 0.714. The fourth-order valence-electron chi connectivity index (χ4n) is 7.92. The van der Waals surface area contributed by atoms with E-state index in [2.05, 4.69) is 80.6 Å². The van der Waals surface area contributed by atoms with Gasteiger partial charge in [0.05, 0.1) is 26.4 Å². The summed E-state index contributed by atoms with van der Waals surface area (Å²) in [7, 11) is 0. The summed E-state index contributed by atoms with van der Waals surface area (Å²) < 4.78 is 12.2. The standard InChI is InChI=1S/C52H104N2O2.C5H5N/c1-7-11-13-15-17-19-21-23-25-27-29-31-33-35-37-39-41-53(49-51(5)9-3)43-45-55-47-48-56-46-44-54(50-52(6)10-4)42-40-38-36-34-32-30-28-26-24-22-20-18-16-14-12-8-2;1-2-4-6-5-3-1/h23-26,51-52H,7-22,27-50H2,1-6H3;1-5H/b25-23-,26-24-;. The minimum Gasteiger partial charge on any atom is -0.378 e. The number of nitrogens with zero attached hydrogens (tertiary/aromatic N) is 3. The number of unbranched alkanes of at least 4 members (excludes halogenated alkanes) is 24. The van der Waals surface area contributed by atoms with Crippen molar-refractivity contribution in [3.63, 3.8) is 0 Å². The number of allylic oxidation sites excluding steroid dienone is 4. The van der Waals surface area contributed by atoms with Crippen molar-refractivity contribution < 1.29 is 9.47 Å². The first-order valence-electron chi connectivity index (χ1n) is 27.3. The average molecular weight is 869 g/mol. The SMILES string of the molecule is CCCCCCCC/C=C\CCCCCCCCN(CCOCCOCCN(CCCCCCCC/C=C\CCCCCCCC)CC(C)CC)CC(C)CC.c1ccncc1. The molecule has 0 bridgehead atoms. The number of pyridine rings is 1. The monoisotopic (exact) mass is 868 g/mol. The molecule has 0 aromatic carbocycles. The van der Waals surface area contributed by atoms with E-state index in [1.165, 1.54) is 219 Å². The van der Waals surface area contributed by atoms with Gasteiger partial charge in [-0.15, -0.1) is 0 Å². The molecule has 0 aliphatic heterocycles. The smallest absolute Gasteiger partial charge is 0.0701 e. The predicted molar refractivity (Wildman–Crippen MR) is 277 cm³/mol. The van der Waals surface area contributed by atoms with Gasteiger partial charge >= 0.3 is 0 Å². The van der Waals surface area contributed by atoms with Gasteiger partial charge in [0, 0.05) is 38.6 Å². The van der Waals surface area contributed by atoms with Crippen LogP contribution in [0.2, 0.25) is 0 Å². The van der Waals surface area contributed by atoms with Crippen LogP contribution in [0.3, 0.4) is 0 Å². The quantitative estimate of drug-likeness (QED) is 0.0482. The normalized spacial score (nSPS) is 12.8. The van der Waals surface area contributed by atoms with Gasteiger partial charge in [-0.1, -0.05) is 200 Å². The number of ether oxygens (including phenoxy) is 2. The lowest BCUT2D eigenvalue weighted by Crippen LogP contribution is -2.33. The second kappa shape index (κ2) is 52.1. The van der Waals surface area contributed by atoms with Crippen molar-refractivity contribution in [3.05, 3.63) is 54.9 Å². The summed E-state index contributed by atoms with van der Waals surface area (Å²) in [6, 6.07) is 5.72. The van der Waals surface area contributed by atoms with Gasteiger partial charge < -0.3 is 19.3 Å². The Hall–Kier alpha value is -1.53. The van der Waals surface area contributed by atoms with Crippen LogP contribution < -0.4 is 0 Å². The van der Waals surface area contributed by atoms with Crippen LogP contribution in [-0.2, 0) is 9.47 Å². The summed E-state index contributed by atoms with van der Waals surface area (Å²) in [6.45, 7) is 24.0. The van der Waals surface area contributed by atoms with Crippen LogP contribution in [0.5, 0.6) is 0 Å². The Labute approximate surface area is 389 Å². The van der Waals surface area contributed by atoms with E-state index in [0.29, 0.717) is 13.2 Å². The summed E-state index contributed by atoms with van der Waals surface area (Å²) in [4.78, 5) is 9.10. The van der Waals surface area contributed by atoms with Gasteiger partial charge in [-0.05, 0) is 101 Å². The fourth-order valence-corrected chi connectivity index (χ4v) is 7.92. The maximum atomic E-state index is 6.08. The molecule has 2 unspecified atom stereocenters. The van der Waals surface area contributed by atoms with Crippen molar-refractivity contribution in [2.75, 3.05) is 65.7 Å². The molecule has 1 rings (SSSR count). The third kappa shape index (κ3) is 47.9. The first-order chi connectivity index (χ1) is 30.6. The second-order valence-corrected chi connectivity index (χ2v) is 18.8. The molecule has 0 aliphatic rings. The number of hydrogen-bond donors (Lipinski definition) is 0. The molecule has 1 aromatic rings. The predicted octanol–water partition coefficient (Wildman–Crippen LogP) is 16.9. The minimum atomic E-state index is 0.714. The summed E-state index contributed by atoms with van der Waals surface area (Å²) in [5.74, 6) is 1.50. The van der Waals surface area contributed by atoms with Gasteiger partial charge in [-0.3, -0.25) is 4.98 Å². The van der Waals surface area contributed by atoms with Gasteiger partial charge in [-0.25, -0.2) is 0 Å². The van der Waals surface area contributed by atoms with Crippen LogP contribution in [0.1, 0.15) is 234 Å². The molecule has 0 aliphatic carbocycles. The first kappa shape index (κ1) is 60.5. The fraction of sp³-hybridized carbons (Fsp3) is 0.842. The van der Waals surface area contributed by atoms with Gasteiger partial charge in [0.1, 0.15) is 0 Å². The molecule has 62 heavy (non-hydrogen) atoms. The number of rotatable bonds is 47. The van der Waals surface area contributed by atoms with Crippen LogP contribution in [0.15, 0.2) is 54.9 Å². The molecule has 0 radical (unpaired) electrons. The zero-order chi connectivity index (χ0) is 45.1. The molecular weight excluding hydrogens is 759 g/mol. The van der Waals surface area contributed by atoms with Gasteiger partial charge in [0.15, 0.2) is 0 Å². The van der Waals surface area contributed by atoms with Gasteiger partial charge in [0.2, 0.25) is 0 Å². The van der Waals surface area contributed by atoms with E-state index in [1.807, 2.05) is 18.2 Å². The Morgan fingerprint density at radius 1 is 0.387 bits per heavy atom. The zero-order valence-electron chi connectivity index (χ0n) is 42.8. The molecule has 364 valence electrons. The molecule has 2 atom stereocenters. The number of hydrogen-bond acceptors (Lipinski definition) is 5. The Kier molecular flexibility index (Phi) is 50.8. The maximum absolute atomic E-state index is 6.08. The van der Waals surface area contributed by atoms with Crippen LogP contribution >= 0.6 is 0 Å². The van der Waals surface area contributed by atoms with Crippen molar-refractivity contribution >= 4 is 0 Å². The average Bonchev–Trinajstić information content (AvgIpc) is 3.29. The Morgan fingerprint density at radius 3 is 1.00 bits per heavy atom. The van der Waals surface area contributed by atoms with Crippen molar-refractivity contribution in [1.82, 2.24) is 14.8 Å². The second-order valence-electron chi connectivity index (χ2n) is 18.8. The summed E-state index contributed by atoms with van der Waals surface area (Å²) >= 11 is 0. The van der Waals surface area contributed by atoms with E-state index in [9.17, 15) is 0 Å². The lowest BCUT2D eigenvalue weighted by molar-refractivity contribution is 0.0285. The van der Waals surface area contributed by atoms with Gasteiger partial charge in [-0.2, -0.15) is 0 Å². The van der Waals surface area contributed by atoms with E-state index in [4.69, 9.17) is 9.47 Å². The van der Waals surface area contributed by atoms with Crippen LogP contribution in [0.25, 0.3) is 0 Å². The van der Waals surface area contributed by atoms with Crippen LogP contribution in [0.4, 0.5) is 0 Å². The van der Waals surface area contributed by atoms with E-state index in [-0.39, 0.29) is 0 Å². The molecule has 0 saturated carbocycles. The summed E-state index contributed by atoms with van der Waals surface area (Å²) in [6.07, 6.45) is 54.2. The van der Waals surface area contributed by atoms with E-state index < -0.39 is 0 Å². The first-order valence-corrected chi connectivity index (χ1v) is 27.3. The lowest BCUT2D eigenvalue weighted by Gasteiger charge is -2.25. The Bertz CT molecular complexity index is 912. The lowest BCUT2D eigenvalue weighted by atomic mass is 10.1. The zero-order valence-corrected chi connectivity index (χ0v) is 42.8. The van der Waals surface area contributed by atoms with Crippen molar-refractivity contribution in [3.8, 4) is 0 Å². The highest BCUT2D eigenvalue weighted by atomic mass is 16.5. The van der Waals surface area contributed by atoms with Crippen LogP contribution in [-0.4, -0.2) is 80.5 Å². The van der Waals surface area contributed by atoms with E-state index in [0.717, 1.165) is 38.1 Å². The molecule has 0 saturated heterocycles. The highest BCUT2D eigenvalue weighted by molar-refractivity contribution is 4.88. The molecular formula is C57H109N3O2. The Balaban J connectivity index is 0.00000566. The maximum Gasteiger partial charge on any atom is 0.0701 e. The molecule has 5 nitrogen and oxygen atoms in total. The van der Waals surface area contributed by atoms with E-state index >= 15 is 0 Å². The van der Waals surface area contributed by atoms with Gasteiger partial charge in [0.25, 0.3) is 0 Å².